The van der Waals surface area contributed by atoms with Crippen molar-refractivity contribution >= 4 is 21.7 Å². The van der Waals surface area contributed by atoms with Crippen LogP contribution in [-0.2, 0) is 0 Å². The van der Waals surface area contributed by atoms with Crippen LogP contribution in [0.3, 0.4) is 0 Å². The molecule has 1 aliphatic rings. The molecule has 0 N–H and O–H groups in total. The Morgan fingerprint density at radius 1 is 0.952 bits per heavy atom. The van der Waals surface area contributed by atoms with Crippen molar-refractivity contribution in [2.24, 2.45) is 0 Å². The summed E-state index contributed by atoms with van der Waals surface area (Å²) in [5.41, 5.74) is 3.40. The first-order chi connectivity index (χ1) is 10.1. The molecule has 1 heterocycles. The van der Waals surface area contributed by atoms with E-state index in [0.29, 0.717) is 35.8 Å². The Bertz CT molecular complexity index is 699. The van der Waals surface area contributed by atoms with E-state index in [4.69, 9.17) is 9.47 Å². The van der Waals surface area contributed by atoms with E-state index in [0.717, 1.165) is 15.6 Å². The van der Waals surface area contributed by atoms with Crippen molar-refractivity contribution in [2.75, 3.05) is 13.2 Å². The van der Waals surface area contributed by atoms with Gasteiger partial charge in [0.2, 0.25) is 0 Å². The van der Waals surface area contributed by atoms with E-state index in [1.54, 1.807) is 18.2 Å². The van der Waals surface area contributed by atoms with E-state index in [1.165, 1.54) is 0 Å². The number of ketones is 1. The summed E-state index contributed by atoms with van der Waals surface area (Å²) in [6.45, 7) is 5.03. The van der Waals surface area contributed by atoms with Crippen LogP contribution in [0.25, 0.3) is 0 Å². The molecular weight excluding hydrogens is 332 g/mol. The van der Waals surface area contributed by atoms with E-state index < -0.39 is 0 Å². The molecule has 0 atom stereocenters. The van der Waals surface area contributed by atoms with Crippen LogP contribution in [0.4, 0.5) is 0 Å². The summed E-state index contributed by atoms with van der Waals surface area (Å²) in [4.78, 5) is 12.6. The van der Waals surface area contributed by atoms with Crippen LogP contribution in [0.15, 0.2) is 34.8 Å². The lowest BCUT2D eigenvalue weighted by atomic mass is 9.99. The first-order valence-electron chi connectivity index (χ1n) is 6.77. The van der Waals surface area contributed by atoms with Crippen LogP contribution in [0.2, 0.25) is 0 Å². The van der Waals surface area contributed by atoms with Crippen LogP contribution < -0.4 is 9.47 Å². The summed E-state index contributed by atoms with van der Waals surface area (Å²) in [7, 11) is 0. The Labute approximate surface area is 132 Å². The SMILES string of the molecule is Cc1cc(C(=O)c2ccc3c(c2)OCCO3)cc(C)c1Br. The van der Waals surface area contributed by atoms with Gasteiger partial charge in [-0.05, 0) is 55.3 Å². The molecule has 1 aliphatic heterocycles. The summed E-state index contributed by atoms with van der Waals surface area (Å²) >= 11 is 3.52. The zero-order valence-corrected chi connectivity index (χ0v) is 13.5. The smallest absolute Gasteiger partial charge is 0.193 e. The molecule has 0 amide bonds. The van der Waals surface area contributed by atoms with Gasteiger partial charge < -0.3 is 9.47 Å². The molecule has 0 fully saturated rings. The highest BCUT2D eigenvalue weighted by atomic mass is 79.9. The molecule has 0 unspecified atom stereocenters. The van der Waals surface area contributed by atoms with E-state index in [9.17, 15) is 4.79 Å². The van der Waals surface area contributed by atoms with E-state index in [-0.39, 0.29) is 5.78 Å². The molecule has 108 valence electrons. The average molecular weight is 347 g/mol. The maximum atomic E-state index is 12.6. The van der Waals surface area contributed by atoms with Crippen molar-refractivity contribution < 1.29 is 14.3 Å². The van der Waals surface area contributed by atoms with Gasteiger partial charge in [0.25, 0.3) is 0 Å². The fourth-order valence-electron chi connectivity index (χ4n) is 2.43. The average Bonchev–Trinajstić information content (AvgIpc) is 2.51. The first kappa shape index (κ1) is 14.1. The van der Waals surface area contributed by atoms with E-state index >= 15 is 0 Å². The number of carbonyl (C=O) groups is 1. The molecule has 3 nitrogen and oxygen atoms in total. The Morgan fingerprint density at radius 3 is 2.24 bits per heavy atom. The zero-order chi connectivity index (χ0) is 15.0. The van der Waals surface area contributed by atoms with Crippen molar-refractivity contribution in [1.82, 2.24) is 0 Å². The van der Waals surface area contributed by atoms with Crippen LogP contribution in [0.5, 0.6) is 11.5 Å². The molecule has 2 aromatic rings. The Morgan fingerprint density at radius 2 is 1.57 bits per heavy atom. The van der Waals surface area contributed by atoms with Gasteiger partial charge >= 0.3 is 0 Å². The highest BCUT2D eigenvalue weighted by molar-refractivity contribution is 9.10. The minimum atomic E-state index is -0.00864. The number of hydrogen-bond donors (Lipinski definition) is 0. The van der Waals surface area contributed by atoms with Crippen molar-refractivity contribution in [1.29, 1.82) is 0 Å². The fourth-order valence-corrected chi connectivity index (χ4v) is 2.66. The second-order valence-corrected chi connectivity index (χ2v) is 5.90. The number of carbonyl (C=O) groups excluding carboxylic acids is 1. The third-order valence-corrected chi connectivity index (χ3v) is 4.75. The van der Waals surface area contributed by atoms with Crippen molar-refractivity contribution in [3.63, 3.8) is 0 Å². The maximum Gasteiger partial charge on any atom is 0.193 e. The number of hydrogen-bond acceptors (Lipinski definition) is 3. The summed E-state index contributed by atoms with van der Waals surface area (Å²) in [5.74, 6) is 1.32. The summed E-state index contributed by atoms with van der Waals surface area (Å²) in [6, 6.07) is 9.12. The van der Waals surface area contributed by atoms with Gasteiger partial charge in [0.1, 0.15) is 13.2 Å². The third kappa shape index (κ3) is 2.68. The lowest BCUT2D eigenvalue weighted by molar-refractivity contribution is 0.103. The van der Waals surface area contributed by atoms with Gasteiger partial charge in [-0.1, -0.05) is 15.9 Å². The second-order valence-electron chi connectivity index (χ2n) is 5.11. The molecule has 0 spiro atoms. The summed E-state index contributed by atoms with van der Waals surface area (Å²) in [5, 5.41) is 0. The van der Waals surface area contributed by atoms with Gasteiger partial charge in [-0.3, -0.25) is 4.79 Å². The Balaban J connectivity index is 1.99. The fraction of sp³-hybridized carbons (Fsp3) is 0.235. The quantitative estimate of drug-likeness (QED) is 0.769. The number of rotatable bonds is 2. The molecule has 0 aliphatic carbocycles. The van der Waals surface area contributed by atoms with Crippen molar-refractivity contribution in [3.05, 3.63) is 57.1 Å². The number of aryl methyl sites for hydroxylation is 2. The monoisotopic (exact) mass is 346 g/mol. The normalized spacial score (nSPS) is 13.1. The number of ether oxygens (including phenoxy) is 2. The number of benzene rings is 2. The Kier molecular flexibility index (Phi) is 3.72. The molecule has 0 radical (unpaired) electrons. The van der Waals surface area contributed by atoms with Gasteiger partial charge in [0.15, 0.2) is 17.3 Å². The largest absolute Gasteiger partial charge is 0.486 e. The molecule has 0 saturated carbocycles. The highest BCUT2D eigenvalue weighted by Crippen LogP contribution is 2.32. The van der Waals surface area contributed by atoms with Crippen LogP contribution in [-0.4, -0.2) is 19.0 Å². The minimum absolute atomic E-state index is 0.00864. The van der Waals surface area contributed by atoms with Crippen LogP contribution >= 0.6 is 15.9 Å². The van der Waals surface area contributed by atoms with E-state index in [1.807, 2.05) is 26.0 Å². The van der Waals surface area contributed by atoms with Gasteiger partial charge in [-0.25, -0.2) is 0 Å². The van der Waals surface area contributed by atoms with Gasteiger partial charge in [-0.15, -0.1) is 0 Å². The predicted molar refractivity (Wildman–Crippen MR) is 84.5 cm³/mol. The second kappa shape index (κ2) is 5.53. The molecule has 0 saturated heterocycles. The summed E-state index contributed by atoms with van der Waals surface area (Å²) < 4.78 is 12.1. The van der Waals surface area contributed by atoms with Crippen LogP contribution in [0, 0.1) is 13.8 Å². The van der Waals surface area contributed by atoms with Gasteiger partial charge in [0.05, 0.1) is 0 Å². The van der Waals surface area contributed by atoms with Crippen LogP contribution in [0.1, 0.15) is 27.0 Å². The molecule has 2 aromatic carbocycles. The summed E-state index contributed by atoms with van der Waals surface area (Å²) in [6.07, 6.45) is 0. The maximum absolute atomic E-state index is 12.6. The molecule has 4 heteroatoms. The lowest BCUT2D eigenvalue weighted by Gasteiger charge is -2.18. The molecule has 3 rings (SSSR count). The zero-order valence-electron chi connectivity index (χ0n) is 11.9. The third-order valence-electron chi connectivity index (χ3n) is 3.50. The lowest BCUT2D eigenvalue weighted by Crippen LogP contribution is -2.16. The topological polar surface area (TPSA) is 35.5 Å². The Hall–Kier alpha value is -1.81. The number of fused-ring (bicyclic) bond motifs is 1. The standard InChI is InChI=1S/C17H15BrO3/c1-10-7-13(8-11(2)16(10)18)17(19)12-3-4-14-15(9-12)21-6-5-20-14/h3-4,7-9H,5-6H2,1-2H3. The molecular formula is C17H15BrO3. The number of halogens is 1. The van der Waals surface area contributed by atoms with Gasteiger partial charge in [-0.2, -0.15) is 0 Å². The molecule has 21 heavy (non-hydrogen) atoms. The van der Waals surface area contributed by atoms with Gasteiger partial charge in [0, 0.05) is 15.6 Å². The van der Waals surface area contributed by atoms with E-state index in [2.05, 4.69) is 15.9 Å². The van der Waals surface area contributed by atoms with Crippen molar-refractivity contribution in [2.45, 2.75) is 13.8 Å². The molecule has 0 aromatic heterocycles. The minimum Gasteiger partial charge on any atom is -0.486 e. The predicted octanol–water partition coefficient (Wildman–Crippen LogP) is 4.07. The van der Waals surface area contributed by atoms with Crippen molar-refractivity contribution in [3.8, 4) is 11.5 Å². The first-order valence-corrected chi connectivity index (χ1v) is 7.56. The highest BCUT2D eigenvalue weighted by Gasteiger charge is 2.17. The molecule has 0 bridgehead atoms.